The Balaban J connectivity index is 2.00. The molecule has 0 aliphatic rings. The molecule has 0 aliphatic carbocycles. The van der Waals surface area contributed by atoms with E-state index in [4.69, 9.17) is 0 Å². The van der Waals surface area contributed by atoms with Gasteiger partial charge in [-0.15, -0.1) is 9.24 Å². The maximum Gasteiger partial charge on any atom is 0.275 e. The fraction of sp³-hybridized carbons (Fsp3) is 0.278. The normalized spacial score (nSPS) is 12.2. The second kappa shape index (κ2) is 7.48. The van der Waals surface area contributed by atoms with Crippen LogP contribution < -0.4 is 16.2 Å². The number of rotatable bonds is 4. The molecular weight excluding hydrogens is 368 g/mol. The molecule has 0 spiro atoms. The van der Waals surface area contributed by atoms with E-state index in [9.17, 15) is 14.0 Å². The van der Waals surface area contributed by atoms with Crippen LogP contribution in [0.25, 0.3) is 10.8 Å². The summed E-state index contributed by atoms with van der Waals surface area (Å²) in [5, 5.41) is 8.23. The van der Waals surface area contributed by atoms with Crippen molar-refractivity contribution in [2.45, 2.75) is 33.5 Å². The highest BCUT2D eigenvalue weighted by Crippen LogP contribution is 2.27. The number of fused-ring (bicyclic) bond motifs is 1. The molecule has 0 radical (unpaired) electrons. The number of nitrogens with one attached hydrogen (secondary N) is 1. The minimum atomic E-state index is -1.39. The van der Waals surface area contributed by atoms with Crippen molar-refractivity contribution in [3.8, 4) is 0 Å². The largest absolute Gasteiger partial charge is 0.293 e. The first-order valence-corrected chi connectivity index (χ1v) is 8.88. The van der Waals surface area contributed by atoms with E-state index < -0.39 is 17.6 Å². The lowest BCUT2D eigenvalue weighted by Gasteiger charge is -2.14. The average molecular weight is 387 g/mol. The molecule has 2 unspecified atom stereocenters. The van der Waals surface area contributed by atoms with Crippen molar-refractivity contribution in [3.63, 3.8) is 0 Å². The lowest BCUT2D eigenvalue weighted by Crippen LogP contribution is -2.31. The number of aryl methyl sites for hydroxylation is 2. The van der Waals surface area contributed by atoms with Crippen molar-refractivity contribution in [1.29, 1.82) is 0 Å². The lowest BCUT2D eigenvalue weighted by atomic mass is 9.99. The molecule has 2 heterocycles. The Bertz CT molecular complexity index is 1080. The average Bonchev–Trinajstić information content (AvgIpc) is 2.62. The number of hydrogen-bond acceptors (Lipinski definition) is 5. The van der Waals surface area contributed by atoms with Gasteiger partial charge in [-0.25, -0.2) is 19.0 Å². The fourth-order valence-corrected chi connectivity index (χ4v) is 2.93. The van der Waals surface area contributed by atoms with Crippen molar-refractivity contribution in [1.82, 2.24) is 19.7 Å². The zero-order valence-corrected chi connectivity index (χ0v) is 16.3. The van der Waals surface area contributed by atoms with Crippen LogP contribution in [-0.2, 0) is 11.3 Å². The lowest BCUT2D eigenvalue weighted by molar-refractivity contribution is -0.117. The Morgan fingerprint density at radius 3 is 2.59 bits per heavy atom. The van der Waals surface area contributed by atoms with Gasteiger partial charge in [-0.3, -0.25) is 14.9 Å². The van der Waals surface area contributed by atoms with Crippen LogP contribution in [0.4, 0.5) is 10.3 Å². The van der Waals surface area contributed by atoms with Crippen molar-refractivity contribution >= 4 is 37.2 Å². The summed E-state index contributed by atoms with van der Waals surface area (Å²) in [7, 11) is 2.44. The Kier molecular flexibility index (Phi) is 5.28. The summed E-state index contributed by atoms with van der Waals surface area (Å²) in [5.41, 5.74) is 1.44. The molecule has 0 aliphatic heterocycles. The van der Waals surface area contributed by atoms with Gasteiger partial charge >= 0.3 is 0 Å². The van der Waals surface area contributed by atoms with Crippen LogP contribution >= 0.6 is 9.24 Å². The molecule has 7 nitrogen and oxygen atoms in total. The Morgan fingerprint density at radius 2 is 1.96 bits per heavy atom. The van der Waals surface area contributed by atoms with E-state index in [2.05, 4.69) is 29.6 Å². The van der Waals surface area contributed by atoms with Gasteiger partial charge in [0, 0.05) is 23.1 Å². The first-order valence-electron chi connectivity index (χ1n) is 8.30. The summed E-state index contributed by atoms with van der Waals surface area (Å²) >= 11 is 0. The van der Waals surface area contributed by atoms with E-state index in [1.807, 2.05) is 13.8 Å². The number of halogens is 1. The van der Waals surface area contributed by atoms with Gasteiger partial charge < -0.3 is 0 Å². The number of anilines is 1. The number of carbonyl (C=O) groups is 1. The molecule has 1 aromatic carbocycles. The van der Waals surface area contributed by atoms with Crippen molar-refractivity contribution in [2.24, 2.45) is 0 Å². The van der Waals surface area contributed by atoms with Crippen molar-refractivity contribution in [2.75, 3.05) is 5.32 Å². The number of benzene rings is 1. The van der Waals surface area contributed by atoms with Crippen LogP contribution in [0.2, 0.25) is 0 Å². The monoisotopic (exact) mass is 387 g/mol. The Hall–Kier alpha value is -2.73. The van der Waals surface area contributed by atoms with Crippen LogP contribution in [-0.4, -0.2) is 25.7 Å². The molecule has 1 N–H and O–H groups in total. The summed E-state index contributed by atoms with van der Waals surface area (Å²) in [4.78, 5) is 33.0. The standard InChI is InChI=1S/C18H19FN5O2P/c1-9-4-5-13-15(10(9)2)16(11(3)19)23-24(17(13)26)8-14(25)22-18-20-6-12(27)7-21-18/h4-7,11H,8,27H2,1-3H3,(H,20,21,22,25). The molecule has 3 aromatic rings. The van der Waals surface area contributed by atoms with Gasteiger partial charge in [-0.1, -0.05) is 6.07 Å². The minimum Gasteiger partial charge on any atom is -0.293 e. The van der Waals surface area contributed by atoms with Crippen molar-refractivity contribution in [3.05, 3.63) is 51.7 Å². The van der Waals surface area contributed by atoms with Gasteiger partial charge in [0.15, 0.2) is 0 Å². The van der Waals surface area contributed by atoms with Gasteiger partial charge in [-0.05, 0) is 38.0 Å². The molecule has 2 atom stereocenters. The molecule has 3 rings (SSSR count). The topological polar surface area (TPSA) is 89.8 Å². The summed E-state index contributed by atoms with van der Waals surface area (Å²) in [6, 6.07) is 3.44. The first kappa shape index (κ1) is 19.0. The maximum absolute atomic E-state index is 14.2. The quantitative estimate of drug-likeness (QED) is 0.692. The van der Waals surface area contributed by atoms with Crippen LogP contribution in [0.5, 0.6) is 0 Å². The number of nitrogens with zero attached hydrogens (tertiary/aromatic N) is 4. The highest BCUT2D eigenvalue weighted by molar-refractivity contribution is 7.27. The number of alkyl halides is 1. The second-order valence-corrected chi connectivity index (χ2v) is 6.95. The number of hydrogen-bond donors (Lipinski definition) is 1. The molecule has 0 saturated carbocycles. The molecule has 9 heteroatoms. The van der Waals surface area contributed by atoms with Gasteiger partial charge in [0.2, 0.25) is 11.9 Å². The van der Waals surface area contributed by atoms with Gasteiger partial charge in [-0.2, -0.15) is 5.10 Å². The van der Waals surface area contributed by atoms with Crippen LogP contribution in [0, 0.1) is 13.8 Å². The third-order valence-corrected chi connectivity index (χ3v) is 4.58. The van der Waals surface area contributed by atoms with Crippen LogP contribution in [0.15, 0.2) is 29.3 Å². The number of aromatic nitrogens is 4. The molecule has 0 saturated heterocycles. The van der Waals surface area contributed by atoms with Crippen LogP contribution in [0.3, 0.4) is 0 Å². The summed E-state index contributed by atoms with van der Waals surface area (Å²) in [5.74, 6) is -0.410. The zero-order chi connectivity index (χ0) is 19.7. The minimum absolute atomic E-state index is 0.116. The Morgan fingerprint density at radius 1 is 1.30 bits per heavy atom. The van der Waals surface area contributed by atoms with E-state index in [0.717, 1.165) is 21.1 Å². The first-order chi connectivity index (χ1) is 12.8. The summed E-state index contributed by atoms with van der Waals surface area (Å²) in [6.07, 6.45) is 1.67. The maximum atomic E-state index is 14.2. The summed E-state index contributed by atoms with van der Waals surface area (Å²) < 4.78 is 15.2. The smallest absolute Gasteiger partial charge is 0.275 e. The highest BCUT2D eigenvalue weighted by atomic mass is 31.0. The van der Waals surface area contributed by atoms with E-state index in [0.29, 0.717) is 10.8 Å². The van der Waals surface area contributed by atoms with Gasteiger partial charge in [0.1, 0.15) is 18.4 Å². The van der Waals surface area contributed by atoms with Gasteiger partial charge in [0.25, 0.3) is 5.56 Å². The molecule has 0 fully saturated rings. The second-order valence-electron chi connectivity index (χ2n) is 6.28. The molecule has 0 bridgehead atoms. The predicted octanol–water partition coefficient (Wildman–Crippen LogP) is 1.97. The van der Waals surface area contributed by atoms with Crippen LogP contribution in [0.1, 0.15) is 29.9 Å². The zero-order valence-electron chi connectivity index (χ0n) is 15.2. The third kappa shape index (κ3) is 3.85. The van der Waals surface area contributed by atoms with Crippen molar-refractivity contribution < 1.29 is 9.18 Å². The molecule has 1 amide bonds. The van der Waals surface area contributed by atoms with E-state index in [-0.39, 0.29) is 18.2 Å². The van der Waals surface area contributed by atoms with E-state index in [1.54, 1.807) is 12.1 Å². The van der Waals surface area contributed by atoms with E-state index >= 15 is 0 Å². The van der Waals surface area contributed by atoms with E-state index in [1.165, 1.54) is 19.3 Å². The molecule has 2 aromatic heterocycles. The predicted molar refractivity (Wildman–Crippen MR) is 105 cm³/mol. The van der Waals surface area contributed by atoms with Gasteiger partial charge in [0.05, 0.1) is 5.39 Å². The molecule has 140 valence electrons. The fourth-order valence-electron chi connectivity index (χ4n) is 2.78. The number of carbonyl (C=O) groups excluding carboxylic acids is 1. The molecule has 27 heavy (non-hydrogen) atoms. The Labute approximate surface area is 157 Å². The molecular formula is C18H19FN5O2P. The third-order valence-electron chi connectivity index (χ3n) is 4.28. The SMILES string of the molecule is Cc1ccc2c(=O)n(CC(=O)Nc3ncc(P)cn3)nc(C(C)F)c2c1C. The highest BCUT2D eigenvalue weighted by Gasteiger charge is 2.19. The number of amides is 1. The summed E-state index contributed by atoms with van der Waals surface area (Å²) in [6.45, 7) is 4.71.